The fourth-order valence-corrected chi connectivity index (χ4v) is 0. The first-order valence-corrected chi connectivity index (χ1v) is 14.1. The second-order valence-corrected chi connectivity index (χ2v) is 9.24. The van der Waals surface area contributed by atoms with Gasteiger partial charge in [-0.05, 0) is 0 Å². The topological polar surface area (TPSA) is 467 Å². The summed E-state index contributed by atoms with van der Waals surface area (Å²) in [6.45, 7) is 0. The van der Waals surface area contributed by atoms with Crippen LogP contribution in [0.4, 0.5) is 0 Å². The second-order valence-electron chi connectivity index (χ2n) is 3.08. The van der Waals surface area contributed by atoms with Crippen molar-refractivity contribution in [2.75, 3.05) is 0 Å². The monoisotopic (exact) mass is 708 g/mol. The third kappa shape index (κ3) is 1530. The first kappa shape index (κ1) is 62.3. The van der Waals surface area contributed by atoms with Crippen molar-refractivity contribution in [1.29, 1.82) is 0 Å². The molecule has 0 aromatic heterocycles. The van der Waals surface area contributed by atoms with Crippen LogP contribution in [0.25, 0.3) is 0 Å². The average Bonchev–Trinajstić information content (AvgIpc) is 1.94. The molecule has 0 fully saturated rings. The molecular weight excluding hydrogens is 687 g/mol. The molecule has 0 saturated heterocycles. The first-order valence-electron chi connectivity index (χ1n) is 4.70. The normalized spacial score (nSPS) is 10.7. The van der Waals surface area contributed by atoms with Crippen LogP contribution in [0.1, 0.15) is 0 Å². The first-order chi connectivity index (χ1) is 12.0. The Kier molecular flexibility index (Phi) is 54.9. The van der Waals surface area contributed by atoms with Crippen LogP contribution in [0.5, 0.6) is 0 Å². The Hall–Kier alpha value is 5.57. The van der Waals surface area contributed by atoms with Crippen LogP contribution in [0.3, 0.4) is 0 Å². The zero-order valence-corrected chi connectivity index (χ0v) is 18.5. The van der Waals surface area contributed by atoms with Crippen molar-refractivity contribution in [3.8, 4) is 0 Å². The van der Waals surface area contributed by atoms with E-state index in [9.17, 15) is 0 Å². The van der Waals surface area contributed by atoms with Gasteiger partial charge in [-0.25, -0.2) is 27.4 Å². The van der Waals surface area contributed by atoms with Crippen LogP contribution < -0.4 is 0 Å². The molecule has 0 spiro atoms. The van der Waals surface area contributed by atoms with Gasteiger partial charge in [0.25, 0.3) is 0 Å². The minimum absolute atomic E-state index is 0. The summed E-state index contributed by atoms with van der Waals surface area (Å²) in [7, 11) is -27.8. The van der Waals surface area contributed by atoms with Gasteiger partial charge in [-0.3, -0.25) is 0 Å². The third-order valence-corrected chi connectivity index (χ3v) is 0. The summed E-state index contributed by atoms with van der Waals surface area (Å²) in [6, 6.07) is 0. The van der Waals surface area contributed by atoms with Crippen LogP contribution in [0.2, 0.25) is 0 Å². The number of hydrogen-bond donors (Lipinski definition) is 18. The molecule has 0 saturated carbocycles. The van der Waals surface area contributed by atoms with E-state index in [4.69, 9.17) is 115 Å². The minimum atomic E-state index is -4.64. The van der Waals surface area contributed by atoms with Crippen molar-refractivity contribution in [1.82, 2.24) is 0 Å². The summed E-state index contributed by atoms with van der Waals surface area (Å²) in [4.78, 5) is 129. The maximum atomic E-state index is 8.88. The molecule has 0 radical (unpaired) electrons. The van der Waals surface area contributed by atoms with Gasteiger partial charge in [0.15, 0.2) is 0 Å². The molecule has 0 unspecified atom stereocenters. The zero-order chi connectivity index (χ0) is 27.0. The molecule has 24 nitrogen and oxygen atoms in total. The van der Waals surface area contributed by atoms with Gasteiger partial charge in [0.05, 0.1) is 0 Å². The summed E-state index contributed by atoms with van der Waals surface area (Å²) in [6.07, 6.45) is 0. The molecule has 0 rings (SSSR count). The van der Waals surface area contributed by atoms with Crippen molar-refractivity contribution in [3.63, 3.8) is 0 Å². The molecule has 33 heteroatoms. The fourth-order valence-electron chi connectivity index (χ4n) is 0. The van der Waals surface area contributed by atoms with E-state index >= 15 is 0 Å². The molecule has 0 aromatic carbocycles. The summed E-state index contributed by atoms with van der Waals surface area (Å²) < 4.78 is 53.3. The molecule has 0 atom stereocenters. The molecule has 0 aliphatic heterocycles. The van der Waals surface area contributed by atoms with E-state index in [1.54, 1.807) is 0 Å². The van der Waals surface area contributed by atoms with E-state index in [1.165, 1.54) is 0 Å². The van der Waals surface area contributed by atoms with Gasteiger partial charge >= 0.3 is 201 Å². The molecule has 0 aliphatic rings. The predicted molar refractivity (Wildman–Crippen MR) is 107 cm³/mol. The van der Waals surface area contributed by atoms with Crippen LogP contribution >= 0.6 is 46.9 Å². The van der Waals surface area contributed by atoms with E-state index in [0.29, 0.717) is 0 Å². The Morgan fingerprint density at radius 1 is 0.212 bits per heavy atom. The second kappa shape index (κ2) is 29.1. The van der Waals surface area contributed by atoms with Crippen molar-refractivity contribution in [2.45, 2.75) is 0 Å². The molecule has 33 heavy (non-hydrogen) atoms. The number of phosphoric acid groups is 6. The Morgan fingerprint density at radius 2 is 0.212 bits per heavy atom. The molecule has 0 aromatic rings. The van der Waals surface area contributed by atoms with Crippen molar-refractivity contribution < 1.29 is 115 Å². The van der Waals surface area contributed by atoms with E-state index in [1.807, 2.05) is 0 Å². The van der Waals surface area contributed by atoms with Gasteiger partial charge in [-0.2, -0.15) is 0 Å². The maximum absolute atomic E-state index is 8.88. The zero-order valence-electron chi connectivity index (χ0n) is 13.2. The van der Waals surface area contributed by atoms with Crippen molar-refractivity contribution >= 4 is 201 Å². The quantitative estimate of drug-likeness (QED) is 0.0820. The van der Waals surface area contributed by atoms with Crippen LogP contribution in [-0.2, 0) is 27.4 Å². The third-order valence-electron chi connectivity index (χ3n) is 0. The van der Waals surface area contributed by atoms with E-state index in [2.05, 4.69) is 0 Å². The molecule has 0 amide bonds. The van der Waals surface area contributed by atoms with Crippen LogP contribution in [-0.4, -0.2) is 242 Å². The summed E-state index contributed by atoms with van der Waals surface area (Å²) in [5.41, 5.74) is 0. The van der Waals surface area contributed by atoms with Gasteiger partial charge < -0.3 is 88.1 Å². The Balaban J connectivity index is -0.0000000294. The Morgan fingerprint density at radius 3 is 0.212 bits per heavy atom. The summed E-state index contributed by atoms with van der Waals surface area (Å²) in [5, 5.41) is 0. The summed E-state index contributed by atoms with van der Waals surface area (Å²) >= 11 is 0. The molecular formula is H21K3O24P6. The van der Waals surface area contributed by atoms with Gasteiger partial charge in [0, 0.05) is 0 Å². The van der Waals surface area contributed by atoms with Crippen molar-refractivity contribution in [2.24, 2.45) is 0 Å². The Labute approximate surface area is 310 Å². The Bertz CT molecular complexity index is 468. The fraction of sp³-hybridized carbons (Fsp3) is 0. The SMILES string of the molecule is O=P(O)(O)O.O=P(O)(O)O.O=P(O)(O)O.O=P(O)(O)O.O=P(O)(O)O.O=P(O)(O)O.[KH].[KH].[KH]. The average molecular weight is 708 g/mol. The van der Waals surface area contributed by atoms with Gasteiger partial charge in [0.1, 0.15) is 0 Å². The van der Waals surface area contributed by atoms with Crippen LogP contribution in [0.15, 0.2) is 0 Å². The molecule has 18 N–H and O–H groups in total. The van der Waals surface area contributed by atoms with Gasteiger partial charge in [-0.15, -0.1) is 0 Å². The van der Waals surface area contributed by atoms with E-state index < -0.39 is 46.9 Å². The van der Waals surface area contributed by atoms with E-state index in [-0.39, 0.29) is 154 Å². The molecule has 0 bridgehead atoms. The number of rotatable bonds is 0. The molecule has 0 heterocycles. The van der Waals surface area contributed by atoms with Crippen LogP contribution in [0, 0.1) is 0 Å². The van der Waals surface area contributed by atoms with Crippen molar-refractivity contribution in [3.05, 3.63) is 0 Å². The standard InChI is InChI=1S/3K.6H3O4P.3H/c;;;6*1-5(2,3)4;;;/h;;;6*(H3,1,2,3,4);;;. The van der Waals surface area contributed by atoms with Gasteiger partial charge in [0.2, 0.25) is 0 Å². The molecule has 0 aliphatic carbocycles. The van der Waals surface area contributed by atoms with Gasteiger partial charge in [-0.1, -0.05) is 0 Å². The molecule has 198 valence electrons. The number of hydrogen-bond acceptors (Lipinski definition) is 6. The summed E-state index contributed by atoms with van der Waals surface area (Å²) in [5.74, 6) is 0. The predicted octanol–water partition coefficient (Wildman–Crippen LogP) is -7.52. The van der Waals surface area contributed by atoms with E-state index in [0.717, 1.165) is 0 Å².